The van der Waals surface area contributed by atoms with E-state index in [-0.39, 0.29) is 0 Å². The van der Waals surface area contributed by atoms with Gasteiger partial charge in [-0.05, 0) is 25.0 Å². The Morgan fingerprint density at radius 1 is 1.38 bits per heavy atom. The quantitative estimate of drug-likeness (QED) is 0.721. The second-order valence-corrected chi connectivity index (χ2v) is 3.07. The van der Waals surface area contributed by atoms with Crippen molar-refractivity contribution in [3.63, 3.8) is 0 Å². The third kappa shape index (κ3) is 3.07. The van der Waals surface area contributed by atoms with Crippen LogP contribution in [0.3, 0.4) is 0 Å². The van der Waals surface area contributed by atoms with Crippen LogP contribution in [-0.4, -0.2) is 11.4 Å². The summed E-state index contributed by atoms with van der Waals surface area (Å²) in [5, 5.41) is 9.08. The summed E-state index contributed by atoms with van der Waals surface area (Å²) in [5.41, 5.74) is 1.16. The minimum atomic E-state index is -0.738. The first-order valence-electron chi connectivity index (χ1n) is 4.66. The normalized spacial score (nSPS) is 12.5. The largest absolute Gasteiger partial charge is 0.465 e. The highest BCUT2D eigenvalue weighted by Crippen LogP contribution is 2.20. The van der Waals surface area contributed by atoms with E-state index in [0.29, 0.717) is 0 Å². The van der Waals surface area contributed by atoms with Gasteiger partial charge in [-0.25, -0.2) is 0 Å². The molecule has 0 aliphatic heterocycles. The molecular formula is C11H16O2. The number of ether oxygens (including phenoxy) is 1. The molecule has 2 nitrogen and oxygen atoms in total. The van der Waals surface area contributed by atoms with Crippen molar-refractivity contribution in [2.24, 2.45) is 0 Å². The summed E-state index contributed by atoms with van der Waals surface area (Å²) in [5.74, 6) is 0.791. The maximum atomic E-state index is 9.08. The molecule has 0 aromatic heterocycles. The average Bonchev–Trinajstić information content (AvgIpc) is 2.08. The number of aliphatic hydroxyl groups is 1. The lowest BCUT2D eigenvalue weighted by Gasteiger charge is -2.12. The van der Waals surface area contributed by atoms with Gasteiger partial charge in [0, 0.05) is 0 Å². The van der Waals surface area contributed by atoms with Gasteiger partial charge in [0.2, 0.25) is 0 Å². The second kappa shape index (κ2) is 4.87. The maximum Gasteiger partial charge on any atom is 0.194 e. The van der Waals surface area contributed by atoms with Gasteiger partial charge in [0.25, 0.3) is 0 Å². The van der Waals surface area contributed by atoms with Crippen LogP contribution in [-0.2, 0) is 6.42 Å². The number of aryl methyl sites for hydroxylation is 1. The smallest absolute Gasteiger partial charge is 0.194 e. The predicted octanol–water partition coefficient (Wildman–Crippen LogP) is 2.36. The molecule has 0 aliphatic carbocycles. The molecule has 0 aliphatic rings. The predicted molar refractivity (Wildman–Crippen MR) is 52.7 cm³/mol. The number of para-hydroxylation sites is 1. The number of benzene rings is 1. The van der Waals surface area contributed by atoms with Crippen LogP contribution >= 0.6 is 0 Å². The zero-order valence-electron chi connectivity index (χ0n) is 8.16. The molecule has 0 bridgehead atoms. The molecule has 0 radical (unpaired) electrons. The van der Waals surface area contributed by atoms with Crippen LogP contribution in [0.1, 0.15) is 25.8 Å². The molecule has 72 valence electrons. The van der Waals surface area contributed by atoms with Gasteiger partial charge < -0.3 is 9.84 Å². The maximum absolute atomic E-state index is 9.08. The third-order valence-electron chi connectivity index (χ3n) is 1.79. The van der Waals surface area contributed by atoms with Crippen molar-refractivity contribution >= 4 is 0 Å². The van der Waals surface area contributed by atoms with E-state index in [1.54, 1.807) is 6.92 Å². The topological polar surface area (TPSA) is 29.5 Å². The Morgan fingerprint density at radius 3 is 2.69 bits per heavy atom. The summed E-state index contributed by atoms with van der Waals surface area (Å²) in [4.78, 5) is 0. The number of hydrogen-bond donors (Lipinski definition) is 1. The van der Waals surface area contributed by atoms with Gasteiger partial charge >= 0.3 is 0 Å². The van der Waals surface area contributed by atoms with Gasteiger partial charge in [0.05, 0.1) is 0 Å². The summed E-state index contributed by atoms with van der Waals surface area (Å²) in [6.07, 6.45) is 1.33. The van der Waals surface area contributed by atoms with Crippen LogP contribution in [0.25, 0.3) is 0 Å². The van der Waals surface area contributed by atoms with Crippen LogP contribution in [0.4, 0.5) is 0 Å². The number of hydrogen-bond acceptors (Lipinski definition) is 2. The molecule has 0 heterocycles. The monoisotopic (exact) mass is 180 g/mol. The first kappa shape index (κ1) is 10.1. The van der Waals surface area contributed by atoms with Crippen molar-refractivity contribution in [3.8, 4) is 5.75 Å². The molecule has 1 N–H and O–H groups in total. The number of rotatable bonds is 4. The second-order valence-electron chi connectivity index (χ2n) is 3.07. The summed E-state index contributed by atoms with van der Waals surface area (Å²) in [6.45, 7) is 3.74. The Balaban J connectivity index is 2.78. The lowest BCUT2D eigenvalue weighted by atomic mass is 10.1. The lowest BCUT2D eigenvalue weighted by Crippen LogP contribution is -2.10. The van der Waals surface area contributed by atoms with E-state index in [2.05, 4.69) is 6.92 Å². The minimum Gasteiger partial charge on any atom is -0.465 e. The standard InChI is InChI=1S/C11H16O2/c1-3-6-10-7-4-5-8-11(10)13-9(2)12/h4-5,7-9,12H,3,6H2,1-2H3. The molecule has 0 amide bonds. The van der Waals surface area contributed by atoms with Crippen molar-refractivity contribution in [2.45, 2.75) is 33.0 Å². The van der Waals surface area contributed by atoms with Gasteiger partial charge in [-0.2, -0.15) is 0 Å². The molecule has 1 unspecified atom stereocenters. The fourth-order valence-electron chi connectivity index (χ4n) is 1.28. The molecule has 0 saturated carbocycles. The molecule has 0 spiro atoms. The Hall–Kier alpha value is -1.02. The summed E-state index contributed by atoms with van der Waals surface area (Å²) in [6, 6.07) is 7.82. The molecule has 0 fully saturated rings. The van der Waals surface area contributed by atoms with E-state index in [0.717, 1.165) is 24.2 Å². The van der Waals surface area contributed by atoms with Crippen LogP contribution in [0, 0.1) is 0 Å². The van der Waals surface area contributed by atoms with E-state index in [1.807, 2.05) is 24.3 Å². The van der Waals surface area contributed by atoms with Crippen molar-refractivity contribution in [3.05, 3.63) is 29.8 Å². The highest BCUT2D eigenvalue weighted by Gasteiger charge is 2.03. The number of aliphatic hydroxyl groups excluding tert-OH is 1. The van der Waals surface area contributed by atoms with E-state index < -0.39 is 6.29 Å². The molecule has 2 heteroatoms. The van der Waals surface area contributed by atoms with Gasteiger partial charge in [0.15, 0.2) is 6.29 Å². The summed E-state index contributed by atoms with van der Waals surface area (Å²) < 4.78 is 5.25. The molecule has 1 aromatic rings. The fourth-order valence-corrected chi connectivity index (χ4v) is 1.28. The highest BCUT2D eigenvalue weighted by atomic mass is 16.6. The van der Waals surface area contributed by atoms with Crippen LogP contribution < -0.4 is 4.74 Å². The molecule has 13 heavy (non-hydrogen) atoms. The highest BCUT2D eigenvalue weighted by molar-refractivity contribution is 5.33. The van der Waals surface area contributed by atoms with Gasteiger partial charge in [0.1, 0.15) is 5.75 Å². The molecule has 1 atom stereocenters. The minimum absolute atomic E-state index is 0.738. The summed E-state index contributed by atoms with van der Waals surface area (Å²) >= 11 is 0. The van der Waals surface area contributed by atoms with E-state index in [4.69, 9.17) is 9.84 Å². The van der Waals surface area contributed by atoms with Crippen LogP contribution in [0.15, 0.2) is 24.3 Å². The van der Waals surface area contributed by atoms with Crippen molar-refractivity contribution in [1.29, 1.82) is 0 Å². The SMILES string of the molecule is CCCc1ccccc1OC(C)O. The van der Waals surface area contributed by atoms with Gasteiger partial charge in [-0.15, -0.1) is 0 Å². The van der Waals surface area contributed by atoms with E-state index in [9.17, 15) is 0 Å². The first-order chi connectivity index (χ1) is 6.24. The molecule has 1 rings (SSSR count). The fraction of sp³-hybridized carbons (Fsp3) is 0.455. The van der Waals surface area contributed by atoms with E-state index >= 15 is 0 Å². The zero-order chi connectivity index (χ0) is 9.68. The van der Waals surface area contributed by atoms with Crippen LogP contribution in [0.5, 0.6) is 5.75 Å². The zero-order valence-corrected chi connectivity index (χ0v) is 8.16. The van der Waals surface area contributed by atoms with Crippen LogP contribution in [0.2, 0.25) is 0 Å². The average molecular weight is 180 g/mol. The first-order valence-corrected chi connectivity index (χ1v) is 4.66. The molecular weight excluding hydrogens is 164 g/mol. The van der Waals surface area contributed by atoms with Gasteiger partial charge in [-0.1, -0.05) is 31.5 Å². The van der Waals surface area contributed by atoms with Crippen molar-refractivity contribution in [1.82, 2.24) is 0 Å². The Labute approximate surface area is 79.2 Å². The molecule has 1 aromatic carbocycles. The Morgan fingerprint density at radius 2 is 2.08 bits per heavy atom. The Kier molecular flexibility index (Phi) is 3.77. The molecule has 0 saturated heterocycles. The van der Waals surface area contributed by atoms with E-state index in [1.165, 1.54) is 0 Å². The third-order valence-corrected chi connectivity index (χ3v) is 1.79. The lowest BCUT2D eigenvalue weighted by molar-refractivity contribution is -0.000998. The Bertz CT molecular complexity index is 256. The van der Waals surface area contributed by atoms with Crippen molar-refractivity contribution < 1.29 is 9.84 Å². The van der Waals surface area contributed by atoms with Crippen molar-refractivity contribution in [2.75, 3.05) is 0 Å². The summed E-state index contributed by atoms with van der Waals surface area (Å²) in [7, 11) is 0. The van der Waals surface area contributed by atoms with Gasteiger partial charge in [-0.3, -0.25) is 0 Å².